The summed E-state index contributed by atoms with van der Waals surface area (Å²) in [6.07, 6.45) is 7.69. The number of imidazole rings is 1. The van der Waals surface area contributed by atoms with Gasteiger partial charge in [0, 0.05) is 31.4 Å². The van der Waals surface area contributed by atoms with Gasteiger partial charge in [0.2, 0.25) is 0 Å². The van der Waals surface area contributed by atoms with Gasteiger partial charge in [-0.3, -0.25) is 9.38 Å². The molecule has 31 heavy (non-hydrogen) atoms. The van der Waals surface area contributed by atoms with E-state index in [4.69, 9.17) is 16.6 Å². The minimum Gasteiger partial charge on any atom is -0.355 e. The van der Waals surface area contributed by atoms with Crippen LogP contribution in [0.3, 0.4) is 0 Å². The van der Waals surface area contributed by atoms with E-state index < -0.39 is 0 Å². The van der Waals surface area contributed by atoms with Crippen LogP contribution in [0.2, 0.25) is 5.15 Å². The molecule has 6 rings (SSSR count). The Bertz CT molecular complexity index is 1120. The van der Waals surface area contributed by atoms with Crippen LogP contribution in [-0.4, -0.2) is 39.5 Å². The van der Waals surface area contributed by atoms with Gasteiger partial charge in [-0.1, -0.05) is 23.7 Å². The minimum atomic E-state index is 0.137. The van der Waals surface area contributed by atoms with Gasteiger partial charge < -0.3 is 15.5 Å². The highest BCUT2D eigenvalue weighted by Crippen LogP contribution is 2.40. The van der Waals surface area contributed by atoms with E-state index in [0.717, 1.165) is 66.9 Å². The summed E-state index contributed by atoms with van der Waals surface area (Å²) in [6.45, 7) is 5.19. The van der Waals surface area contributed by atoms with Crippen molar-refractivity contribution >= 4 is 23.1 Å². The summed E-state index contributed by atoms with van der Waals surface area (Å²) in [7, 11) is 0. The molecule has 2 aliphatic heterocycles. The van der Waals surface area contributed by atoms with E-state index in [2.05, 4.69) is 56.1 Å². The van der Waals surface area contributed by atoms with E-state index in [1.807, 2.05) is 12.3 Å². The number of nitrogens with zero attached hydrogens (tertiary/aromatic N) is 4. The SMILES string of the molecule is Cc1cccnc1[C@@H]1CCC[C@H](c2nc3cccc(N4CCNC5(CC5)C4)n3c2Cl)N1. The molecule has 7 heteroatoms. The number of pyridine rings is 2. The molecular weight excluding hydrogens is 408 g/mol. The molecule has 1 aliphatic carbocycles. The first kappa shape index (κ1) is 19.5. The van der Waals surface area contributed by atoms with Crippen molar-refractivity contribution in [2.45, 2.75) is 56.7 Å². The predicted octanol–water partition coefficient (Wildman–Crippen LogP) is 4.19. The smallest absolute Gasteiger partial charge is 0.139 e. The molecule has 0 unspecified atom stereocenters. The number of aromatic nitrogens is 3. The Balaban J connectivity index is 1.33. The summed E-state index contributed by atoms with van der Waals surface area (Å²) in [6, 6.07) is 10.9. The molecule has 2 saturated heterocycles. The molecule has 3 aliphatic rings. The number of anilines is 1. The zero-order valence-electron chi connectivity index (χ0n) is 17.9. The van der Waals surface area contributed by atoms with Crippen LogP contribution in [-0.2, 0) is 0 Å². The Hall–Kier alpha value is -2.15. The number of fused-ring (bicyclic) bond motifs is 1. The second kappa shape index (κ2) is 7.47. The molecular formula is C24H29ClN6. The van der Waals surface area contributed by atoms with Crippen LogP contribution in [0.1, 0.15) is 61.1 Å². The summed E-state index contributed by atoms with van der Waals surface area (Å²) in [5, 5.41) is 8.24. The van der Waals surface area contributed by atoms with Gasteiger partial charge in [-0.05, 0) is 62.8 Å². The number of piperidine rings is 1. The van der Waals surface area contributed by atoms with Crippen molar-refractivity contribution in [2.75, 3.05) is 24.5 Å². The largest absolute Gasteiger partial charge is 0.355 e. The predicted molar refractivity (Wildman–Crippen MR) is 124 cm³/mol. The van der Waals surface area contributed by atoms with Crippen LogP contribution in [0.15, 0.2) is 36.5 Å². The molecule has 5 heterocycles. The van der Waals surface area contributed by atoms with Crippen molar-refractivity contribution in [3.05, 3.63) is 58.6 Å². The lowest BCUT2D eigenvalue weighted by Crippen LogP contribution is -2.53. The van der Waals surface area contributed by atoms with E-state index in [1.165, 1.54) is 18.4 Å². The summed E-state index contributed by atoms with van der Waals surface area (Å²) in [5.41, 5.74) is 4.58. The van der Waals surface area contributed by atoms with Crippen LogP contribution in [0.25, 0.3) is 5.65 Å². The zero-order valence-corrected chi connectivity index (χ0v) is 18.7. The highest BCUT2D eigenvalue weighted by Gasteiger charge is 2.46. The van der Waals surface area contributed by atoms with E-state index >= 15 is 0 Å². The van der Waals surface area contributed by atoms with Gasteiger partial charge in [-0.2, -0.15) is 0 Å². The Kier molecular flexibility index (Phi) is 4.70. The highest BCUT2D eigenvalue weighted by molar-refractivity contribution is 6.30. The second-order valence-electron chi connectivity index (χ2n) is 9.40. The summed E-state index contributed by atoms with van der Waals surface area (Å²) < 4.78 is 2.15. The first-order chi connectivity index (χ1) is 15.1. The Morgan fingerprint density at radius 1 is 1.10 bits per heavy atom. The molecule has 0 aromatic carbocycles. The average molecular weight is 437 g/mol. The Morgan fingerprint density at radius 3 is 2.74 bits per heavy atom. The first-order valence-electron chi connectivity index (χ1n) is 11.5. The van der Waals surface area contributed by atoms with E-state index in [1.54, 1.807) is 0 Å². The van der Waals surface area contributed by atoms with Crippen LogP contribution >= 0.6 is 11.6 Å². The Labute approximate surface area is 188 Å². The molecule has 0 radical (unpaired) electrons. The molecule has 1 spiro atoms. The highest BCUT2D eigenvalue weighted by atomic mass is 35.5. The molecule has 0 bridgehead atoms. The van der Waals surface area contributed by atoms with E-state index in [9.17, 15) is 0 Å². The second-order valence-corrected chi connectivity index (χ2v) is 9.76. The normalized spacial score (nSPS) is 25.3. The lowest BCUT2D eigenvalue weighted by Gasteiger charge is -2.36. The monoisotopic (exact) mass is 436 g/mol. The van der Waals surface area contributed by atoms with Gasteiger partial charge in [-0.15, -0.1) is 0 Å². The fraction of sp³-hybridized carbons (Fsp3) is 0.500. The van der Waals surface area contributed by atoms with Crippen molar-refractivity contribution in [3.63, 3.8) is 0 Å². The third kappa shape index (κ3) is 3.41. The van der Waals surface area contributed by atoms with Crippen molar-refractivity contribution in [1.29, 1.82) is 0 Å². The average Bonchev–Trinajstić information content (AvgIpc) is 3.45. The van der Waals surface area contributed by atoms with Gasteiger partial charge in [0.15, 0.2) is 0 Å². The first-order valence-corrected chi connectivity index (χ1v) is 11.9. The standard InChI is InChI=1S/C24H29ClN6/c1-16-5-4-12-26-21(16)17-6-2-7-18(28-17)22-23(25)31-19(29-22)8-3-9-20(31)30-14-13-27-24(15-30)10-11-24/h3-5,8-9,12,17-18,27-28H,2,6-7,10-11,13-15H2,1H3/t17-,18+/m0/s1. The molecule has 3 fully saturated rings. The maximum absolute atomic E-state index is 7.03. The summed E-state index contributed by atoms with van der Waals surface area (Å²) in [5.74, 6) is 1.15. The summed E-state index contributed by atoms with van der Waals surface area (Å²) >= 11 is 7.03. The van der Waals surface area contributed by atoms with Gasteiger partial charge in [0.05, 0.1) is 23.5 Å². The zero-order chi connectivity index (χ0) is 21.0. The number of hydrogen-bond acceptors (Lipinski definition) is 5. The van der Waals surface area contributed by atoms with E-state index in [-0.39, 0.29) is 12.1 Å². The summed E-state index contributed by atoms with van der Waals surface area (Å²) in [4.78, 5) is 12.1. The molecule has 0 amide bonds. The molecule has 2 atom stereocenters. The number of halogens is 1. The van der Waals surface area contributed by atoms with Crippen LogP contribution in [0.5, 0.6) is 0 Å². The third-order valence-electron chi connectivity index (χ3n) is 7.24. The molecule has 1 saturated carbocycles. The van der Waals surface area contributed by atoms with Crippen LogP contribution in [0.4, 0.5) is 5.82 Å². The molecule has 162 valence electrons. The molecule has 3 aromatic rings. The number of piperazine rings is 1. The topological polar surface area (TPSA) is 57.5 Å². The molecule has 6 nitrogen and oxygen atoms in total. The van der Waals surface area contributed by atoms with Crippen LogP contribution < -0.4 is 15.5 Å². The number of rotatable bonds is 3. The van der Waals surface area contributed by atoms with Gasteiger partial charge in [0.1, 0.15) is 16.6 Å². The van der Waals surface area contributed by atoms with Crippen molar-refractivity contribution in [2.24, 2.45) is 0 Å². The van der Waals surface area contributed by atoms with Gasteiger partial charge >= 0.3 is 0 Å². The molecule has 3 aromatic heterocycles. The maximum Gasteiger partial charge on any atom is 0.139 e. The number of nitrogens with one attached hydrogen (secondary N) is 2. The van der Waals surface area contributed by atoms with Crippen LogP contribution in [0, 0.1) is 6.92 Å². The quantitative estimate of drug-likeness (QED) is 0.644. The molecule has 2 N–H and O–H groups in total. The lowest BCUT2D eigenvalue weighted by molar-refractivity contribution is 0.321. The number of hydrogen-bond donors (Lipinski definition) is 2. The van der Waals surface area contributed by atoms with E-state index in [0.29, 0.717) is 5.54 Å². The fourth-order valence-electron chi connectivity index (χ4n) is 5.39. The fourth-order valence-corrected chi connectivity index (χ4v) is 5.74. The lowest BCUT2D eigenvalue weighted by atomic mass is 9.93. The van der Waals surface area contributed by atoms with Crippen molar-refractivity contribution in [1.82, 2.24) is 25.0 Å². The van der Waals surface area contributed by atoms with Crippen molar-refractivity contribution in [3.8, 4) is 0 Å². The maximum atomic E-state index is 7.03. The van der Waals surface area contributed by atoms with Gasteiger partial charge in [0.25, 0.3) is 0 Å². The minimum absolute atomic E-state index is 0.137. The van der Waals surface area contributed by atoms with Gasteiger partial charge in [-0.25, -0.2) is 4.98 Å². The third-order valence-corrected chi connectivity index (χ3v) is 7.60. The number of aryl methyl sites for hydroxylation is 1. The Morgan fingerprint density at radius 2 is 1.94 bits per heavy atom. The van der Waals surface area contributed by atoms with Crippen molar-refractivity contribution < 1.29 is 0 Å².